The highest BCUT2D eigenvalue weighted by Gasteiger charge is 2.25. The van der Waals surface area contributed by atoms with Gasteiger partial charge in [0.05, 0.1) is 11.9 Å². The predicted molar refractivity (Wildman–Crippen MR) is 143 cm³/mol. The van der Waals surface area contributed by atoms with Gasteiger partial charge in [-0.05, 0) is 49.6 Å². The summed E-state index contributed by atoms with van der Waals surface area (Å²) in [5.41, 5.74) is 6.87. The van der Waals surface area contributed by atoms with Crippen LogP contribution in [0.25, 0.3) is 27.5 Å². The van der Waals surface area contributed by atoms with Gasteiger partial charge in [-0.2, -0.15) is 5.10 Å². The molecule has 188 valence electrons. The molecule has 2 aromatic carbocycles. The van der Waals surface area contributed by atoms with E-state index in [-0.39, 0.29) is 11.8 Å². The van der Waals surface area contributed by atoms with Gasteiger partial charge >= 0.3 is 0 Å². The second-order valence-corrected chi connectivity index (χ2v) is 9.81. The minimum Gasteiger partial charge on any atom is -0.361 e. The average Bonchev–Trinajstić information content (AvgIpc) is 3.50. The van der Waals surface area contributed by atoms with Crippen LogP contribution in [0.15, 0.2) is 54.7 Å². The third kappa shape index (κ3) is 4.22. The number of piperazine rings is 1. The number of carbonyl (C=O) groups excluding carboxylic acids is 2. The molecule has 1 N–H and O–H groups in total. The molecule has 1 aliphatic rings. The van der Waals surface area contributed by atoms with Crippen LogP contribution < -0.4 is 0 Å². The molecule has 0 bridgehead atoms. The number of aromatic amines is 1. The molecular formula is C29H30N6O2. The first-order valence-electron chi connectivity index (χ1n) is 12.8. The van der Waals surface area contributed by atoms with E-state index in [2.05, 4.69) is 4.98 Å². The summed E-state index contributed by atoms with van der Waals surface area (Å²) < 4.78 is 1.90. The Morgan fingerprint density at radius 3 is 2.35 bits per heavy atom. The predicted octanol–water partition coefficient (Wildman–Crippen LogP) is 3.83. The number of fused-ring (bicyclic) bond motifs is 4. The molecule has 0 saturated carbocycles. The molecular weight excluding hydrogens is 464 g/mol. The number of nitrogens with zero attached hydrogens (tertiary/aromatic N) is 5. The summed E-state index contributed by atoms with van der Waals surface area (Å²) in [6.45, 7) is 6.32. The molecule has 0 atom stereocenters. The van der Waals surface area contributed by atoms with Gasteiger partial charge in [-0.1, -0.05) is 30.3 Å². The number of aromatic nitrogens is 4. The SMILES string of the molecule is Cc1nc2c3ccccc3nn2c(C)c1CCC(=O)N1CCN(C(=O)Cc2c[nH]c3ccccc23)CC1. The first kappa shape index (κ1) is 23.2. The second kappa shape index (κ2) is 9.35. The lowest BCUT2D eigenvalue weighted by Crippen LogP contribution is -2.51. The summed E-state index contributed by atoms with van der Waals surface area (Å²) in [5.74, 6) is 0.224. The van der Waals surface area contributed by atoms with Crippen LogP contribution in [0.3, 0.4) is 0 Å². The molecule has 0 unspecified atom stereocenters. The Morgan fingerprint density at radius 1 is 0.892 bits per heavy atom. The number of benzene rings is 2. The number of rotatable bonds is 5. The van der Waals surface area contributed by atoms with E-state index in [1.807, 2.05) is 82.9 Å². The van der Waals surface area contributed by atoms with Crippen molar-refractivity contribution in [3.8, 4) is 0 Å². The van der Waals surface area contributed by atoms with Gasteiger partial charge in [-0.15, -0.1) is 0 Å². The molecule has 3 aromatic heterocycles. The van der Waals surface area contributed by atoms with Crippen molar-refractivity contribution in [2.24, 2.45) is 0 Å². The van der Waals surface area contributed by atoms with Crippen molar-refractivity contribution in [1.82, 2.24) is 29.4 Å². The van der Waals surface area contributed by atoms with Gasteiger partial charge in [-0.3, -0.25) is 9.59 Å². The average molecular weight is 495 g/mol. The molecule has 37 heavy (non-hydrogen) atoms. The molecule has 1 fully saturated rings. The van der Waals surface area contributed by atoms with Crippen molar-refractivity contribution in [1.29, 1.82) is 0 Å². The fraction of sp³-hybridized carbons (Fsp3) is 0.310. The Balaban J connectivity index is 1.07. The topological polar surface area (TPSA) is 86.6 Å². The van der Waals surface area contributed by atoms with E-state index in [0.29, 0.717) is 45.4 Å². The Labute approximate surface area is 214 Å². The number of hydrogen-bond acceptors (Lipinski definition) is 4. The molecule has 1 saturated heterocycles. The van der Waals surface area contributed by atoms with E-state index < -0.39 is 0 Å². The van der Waals surface area contributed by atoms with Crippen molar-refractivity contribution in [3.63, 3.8) is 0 Å². The fourth-order valence-corrected chi connectivity index (χ4v) is 5.49. The number of nitrogens with one attached hydrogen (secondary N) is 1. The summed E-state index contributed by atoms with van der Waals surface area (Å²) in [5, 5.41) is 6.85. The van der Waals surface area contributed by atoms with E-state index in [4.69, 9.17) is 10.1 Å². The van der Waals surface area contributed by atoms with Crippen LogP contribution in [-0.4, -0.2) is 67.4 Å². The fourth-order valence-electron chi connectivity index (χ4n) is 5.49. The number of aryl methyl sites for hydroxylation is 2. The molecule has 8 nitrogen and oxygen atoms in total. The van der Waals surface area contributed by atoms with Crippen molar-refractivity contribution in [2.45, 2.75) is 33.1 Å². The third-order valence-electron chi connectivity index (χ3n) is 7.61. The highest BCUT2D eigenvalue weighted by molar-refractivity contribution is 5.92. The Morgan fingerprint density at radius 2 is 1.57 bits per heavy atom. The summed E-state index contributed by atoms with van der Waals surface area (Å²) in [6.07, 6.45) is 3.33. The van der Waals surface area contributed by atoms with Crippen LogP contribution in [0.5, 0.6) is 0 Å². The van der Waals surface area contributed by atoms with Gasteiger partial charge < -0.3 is 14.8 Å². The van der Waals surface area contributed by atoms with Gasteiger partial charge in [0, 0.05) is 66.5 Å². The maximum Gasteiger partial charge on any atom is 0.227 e. The number of amides is 2. The van der Waals surface area contributed by atoms with Crippen LogP contribution in [-0.2, 0) is 22.4 Å². The highest BCUT2D eigenvalue weighted by Crippen LogP contribution is 2.23. The molecule has 0 aliphatic carbocycles. The minimum atomic E-state index is 0.106. The van der Waals surface area contributed by atoms with Crippen molar-refractivity contribution in [2.75, 3.05) is 26.2 Å². The third-order valence-corrected chi connectivity index (χ3v) is 7.61. The largest absolute Gasteiger partial charge is 0.361 e. The van der Waals surface area contributed by atoms with Crippen LogP contribution in [0.2, 0.25) is 0 Å². The molecule has 6 rings (SSSR count). The number of hydrogen-bond donors (Lipinski definition) is 1. The van der Waals surface area contributed by atoms with E-state index in [1.54, 1.807) is 0 Å². The zero-order chi connectivity index (χ0) is 25.5. The van der Waals surface area contributed by atoms with E-state index in [9.17, 15) is 9.59 Å². The lowest BCUT2D eigenvalue weighted by Gasteiger charge is -2.35. The van der Waals surface area contributed by atoms with E-state index >= 15 is 0 Å². The van der Waals surface area contributed by atoms with Gasteiger partial charge in [0.25, 0.3) is 0 Å². The van der Waals surface area contributed by atoms with E-state index in [0.717, 1.165) is 50.0 Å². The Bertz CT molecular complexity index is 1640. The zero-order valence-electron chi connectivity index (χ0n) is 21.2. The summed E-state index contributed by atoms with van der Waals surface area (Å²) >= 11 is 0. The summed E-state index contributed by atoms with van der Waals surface area (Å²) in [4.78, 5) is 37.8. The standard InChI is InChI=1S/C29H30N6O2/c1-19-22(20(2)35-29(31-19)24-8-4-6-10-26(24)32-35)11-12-27(36)33-13-15-34(16-14-33)28(37)17-21-18-30-25-9-5-3-7-23(21)25/h3-10,18,30H,11-17H2,1-2H3. The molecule has 1 aliphatic heterocycles. The molecule has 8 heteroatoms. The first-order valence-corrected chi connectivity index (χ1v) is 12.8. The maximum atomic E-state index is 13.1. The van der Waals surface area contributed by atoms with Gasteiger partial charge in [0.2, 0.25) is 11.8 Å². The lowest BCUT2D eigenvalue weighted by atomic mass is 10.1. The number of H-pyrrole nitrogens is 1. The smallest absolute Gasteiger partial charge is 0.227 e. The van der Waals surface area contributed by atoms with Crippen LogP contribution in [0, 0.1) is 13.8 Å². The first-order chi connectivity index (χ1) is 18.0. The highest BCUT2D eigenvalue weighted by atomic mass is 16.2. The van der Waals surface area contributed by atoms with Crippen LogP contribution in [0.1, 0.15) is 28.9 Å². The second-order valence-electron chi connectivity index (χ2n) is 9.81. The monoisotopic (exact) mass is 494 g/mol. The minimum absolute atomic E-state index is 0.106. The molecule has 0 spiro atoms. The zero-order valence-corrected chi connectivity index (χ0v) is 21.2. The van der Waals surface area contributed by atoms with Gasteiger partial charge in [0.1, 0.15) is 0 Å². The maximum absolute atomic E-state index is 13.1. The summed E-state index contributed by atoms with van der Waals surface area (Å²) in [6, 6.07) is 16.0. The summed E-state index contributed by atoms with van der Waals surface area (Å²) in [7, 11) is 0. The van der Waals surface area contributed by atoms with Crippen molar-refractivity contribution >= 4 is 39.3 Å². The lowest BCUT2D eigenvalue weighted by molar-refractivity contribution is -0.139. The Kier molecular flexibility index (Phi) is 5.87. The van der Waals surface area contributed by atoms with Crippen molar-refractivity contribution < 1.29 is 9.59 Å². The van der Waals surface area contributed by atoms with Crippen LogP contribution in [0.4, 0.5) is 0 Å². The molecule has 2 amide bonds. The van der Waals surface area contributed by atoms with Gasteiger partial charge in [-0.25, -0.2) is 9.50 Å². The molecule has 0 radical (unpaired) electrons. The van der Waals surface area contributed by atoms with Crippen molar-refractivity contribution in [3.05, 3.63) is 77.2 Å². The van der Waals surface area contributed by atoms with E-state index in [1.165, 1.54) is 0 Å². The normalized spacial score (nSPS) is 14.2. The van der Waals surface area contributed by atoms with Crippen LogP contribution >= 0.6 is 0 Å². The molecule has 5 aromatic rings. The molecule has 4 heterocycles. The Hall–Kier alpha value is -4.20. The van der Waals surface area contributed by atoms with Gasteiger partial charge in [0.15, 0.2) is 5.65 Å². The number of para-hydroxylation sites is 1. The number of carbonyl (C=O) groups is 2. The quantitative estimate of drug-likeness (QED) is 0.402.